The Bertz CT molecular complexity index is 1040. The van der Waals surface area contributed by atoms with E-state index in [1.807, 2.05) is 43.6 Å². The van der Waals surface area contributed by atoms with Gasteiger partial charge in [0.1, 0.15) is 12.1 Å². The van der Waals surface area contributed by atoms with E-state index in [2.05, 4.69) is 39.1 Å². The molecule has 1 aliphatic heterocycles. The van der Waals surface area contributed by atoms with Gasteiger partial charge in [-0.3, -0.25) is 9.69 Å². The largest absolute Gasteiger partial charge is 0.494 e. The van der Waals surface area contributed by atoms with E-state index in [0.717, 1.165) is 48.4 Å². The van der Waals surface area contributed by atoms with Crippen LogP contribution >= 0.6 is 0 Å². The average Bonchev–Trinajstić information content (AvgIpc) is 2.82. The number of aromatic nitrogens is 2. The molecule has 1 unspecified atom stereocenters. The fourth-order valence-corrected chi connectivity index (χ4v) is 4.67. The number of carbonyl (C=O) groups is 1. The van der Waals surface area contributed by atoms with Gasteiger partial charge in [0.05, 0.1) is 12.0 Å². The van der Waals surface area contributed by atoms with E-state index in [1.54, 1.807) is 0 Å². The molecule has 1 aromatic heterocycles. The molecule has 2 N–H and O–H groups in total. The SMILES string of the molecule is CCOc1ccc(CN2CCCC(Cc3ccccc3-c3cncnc3)(C(N)=O)C2)cc1. The topological polar surface area (TPSA) is 81.3 Å². The van der Waals surface area contributed by atoms with Crippen molar-refractivity contribution in [3.63, 3.8) is 0 Å². The summed E-state index contributed by atoms with van der Waals surface area (Å²) in [4.78, 5) is 23.5. The number of likely N-dealkylation sites (tertiary alicyclic amines) is 1. The van der Waals surface area contributed by atoms with Crippen LogP contribution in [0.3, 0.4) is 0 Å². The van der Waals surface area contributed by atoms with Crippen LogP contribution in [0.15, 0.2) is 67.3 Å². The molecule has 1 fully saturated rings. The first-order chi connectivity index (χ1) is 15.6. The highest BCUT2D eigenvalue weighted by molar-refractivity contribution is 5.82. The van der Waals surface area contributed by atoms with Crippen LogP contribution in [0.25, 0.3) is 11.1 Å². The highest BCUT2D eigenvalue weighted by Crippen LogP contribution is 2.37. The second kappa shape index (κ2) is 9.92. The maximum absolute atomic E-state index is 12.8. The Morgan fingerprint density at radius 3 is 2.59 bits per heavy atom. The molecule has 1 amide bonds. The van der Waals surface area contributed by atoms with E-state index in [0.29, 0.717) is 19.6 Å². The molecule has 0 aliphatic carbocycles. The van der Waals surface area contributed by atoms with Crippen molar-refractivity contribution in [1.29, 1.82) is 0 Å². The van der Waals surface area contributed by atoms with Crippen LogP contribution in [0, 0.1) is 5.41 Å². The molecule has 6 heteroatoms. The summed E-state index contributed by atoms with van der Waals surface area (Å²) in [5.74, 6) is 0.649. The Morgan fingerprint density at radius 1 is 1.12 bits per heavy atom. The van der Waals surface area contributed by atoms with Crippen LogP contribution in [0.4, 0.5) is 0 Å². The Morgan fingerprint density at radius 2 is 1.88 bits per heavy atom. The molecule has 2 heterocycles. The lowest BCUT2D eigenvalue weighted by Crippen LogP contribution is -2.51. The first-order valence-corrected chi connectivity index (χ1v) is 11.2. The first-order valence-electron chi connectivity index (χ1n) is 11.2. The molecule has 166 valence electrons. The van der Waals surface area contributed by atoms with Crippen LogP contribution in [0.2, 0.25) is 0 Å². The summed E-state index contributed by atoms with van der Waals surface area (Å²) >= 11 is 0. The number of hydrogen-bond acceptors (Lipinski definition) is 5. The average molecular weight is 431 g/mol. The van der Waals surface area contributed by atoms with Gasteiger partial charge in [-0.2, -0.15) is 0 Å². The molecule has 0 spiro atoms. The number of ether oxygens (including phenoxy) is 1. The minimum atomic E-state index is -0.602. The van der Waals surface area contributed by atoms with Crippen LogP contribution in [-0.2, 0) is 17.8 Å². The van der Waals surface area contributed by atoms with Crippen molar-refractivity contribution >= 4 is 5.91 Å². The molecule has 32 heavy (non-hydrogen) atoms. The lowest BCUT2D eigenvalue weighted by atomic mass is 9.73. The third kappa shape index (κ3) is 4.97. The van der Waals surface area contributed by atoms with Gasteiger partial charge in [0.25, 0.3) is 0 Å². The van der Waals surface area contributed by atoms with Gasteiger partial charge in [-0.05, 0) is 61.6 Å². The van der Waals surface area contributed by atoms with Crippen molar-refractivity contribution < 1.29 is 9.53 Å². The number of primary amides is 1. The zero-order valence-electron chi connectivity index (χ0n) is 18.5. The summed E-state index contributed by atoms with van der Waals surface area (Å²) in [5.41, 5.74) is 9.75. The van der Waals surface area contributed by atoms with Crippen LogP contribution in [-0.4, -0.2) is 40.5 Å². The lowest BCUT2D eigenvalue weighted by molar-refractivity contribution is -0.131. The van der Waals surface area contributed by atoms with E-state index in [1.165, 1.54) is 11.9 Å². The highest BCUT2D eigenvalue weighted by atomic mass is 16.5. The number of rotatable bonds is 8. The lowest BCUT2D eigenvalue weighted by Gasteiger charge is -2.41. The summed E-state index contributed by atoms with van der Waals surface area (Å²) in [6.07, 6.45) is 7.48. The molecule has 0 bridgehead atoms. The number of piperidine rings is 1. The zero-order chi connectivity index (χ0) is 22.4. The molecule has 3 aromatic rings. The van der Waals surface area contributed by atoms with Crippen molar-refractivity contribution in [3.05, 3.63) is 78.4 Å². The monoisotopic (exact) mass is 430 g/mol. The van der Waals surface area contributed by atoms with Crippen LogP contribution < -0.4 is 10.5 Å². The van der Waals surface area contributed by atoms with Crippen molar-refractivity contribution in [3.8, 4) is 16.9 Å². The van der Waals surface area contributed by atoms with Gasteiger partial charge in [0.15, 0.2) is 0 Å². The number of nitrogens with two attached hydrogens (primary N) is 1. The van der Waals surface area contributed by atoms with Gasteiger partial charge >= 0.3 is 0 Å². The van der Waals surface area contributed by atoms with Crippen LogP contribution in [0.1, 0.15) is 30.9 Å². The van der Waals surface area contributed by atoms with Gasteiger partial charge in [0, 0.05) is 31.0 Å². The van der Waals surface area contributed by atoms with Gasteiger partial charge in [-0.15, -0.1) is 0 Å². The van der Waals surface area contributed by atoms with E-state index < -0.39 is 5.41 Å². The summed E-state index contributed by atoms with van der Waals surface area (Å²) in [5, 5.41) is 0. The quantitative estimate of drug-likeness (QED) is 0.587. The normalized spacial score (nSPS) is 18.9. The third-order valence-electron chi connectivity index (χ3n) is 6.24. The Hall–Kier alpha value is -3.25. The van der Waals surface area contributed by atoms with Crippen molar-refractivity contribution in [2.24, 2.45) is 11.1 Å². The number of carbonyl (C=O) groups excluding carboxylic acids is 1. The maximum Gasteiger partial charge on any atom is 0.225 e. The standard InChI is InChI=1S/C26H30N4O2/c1-2-32-23-10-8-20(9-11-23)17-30-13-5-12-26(18-30,25(27)31)14-21-6-3-4-7-24(21)22-15-28-19-29-16-22/h3-4,6-11,15-16,19H,2,5,12-14,17-18H2,1H3,(H2,27,31). The zero-order valence-corrected chi connectivity index (χ0v) is 18.5. The molecule has 1 saturated heterocycles. The van der Waals surface area contributed by atoms with E-state index in [9.17, 15) is 4.79 Å². The van der Waals surface area contributed by atoms with Crippen molar-refractivity contribution in [1.82, 2.24) is 14.9 Å². The number of hydrogen-bond donors (Lipinski definition) is 1. The van der Waals surface area contributed by atoms with E-state index in [-0.39, 0.29) is 5.91 Å². The molecular formula is C26H30N4O2. The summed E-state index contributed by atoms with van der Waals surface area (Å²) in [6, 6.07) is 16.3. The predicted octanol–water partition coefficient (Wildman–Crippen LogP) is 3.85. The summed E-state index contributed by atoms with van der Waals surface area (Å²) in [7, 11) is 0. The highest BCUT2D eigenvalue weighted by Gasteiger charge is 2.41. The Kier molecular flexibility index (Phi) is 6.81. The molecular weight excluding hydrogens is 400 g/mol. The molecule has 0 saturated carbocycles. The second-order valence-electron chi connectivity index (χ2n) is 8.50. The van der Waals surface area contributed by atoms with Crippen molar-refractivity contribution in [2.45, 2.75) is 32.7 Å². The molecule has 1 aliphatic rings. The third-order valence-corrected chi connectivity index (χ3v) is 6.24. The Balaban J connectivity index is 1.55. The van der Waals surface area contributed by atoms with Gasteiger partial charge in [-0.25, -0.2) is 9.97 Å². The van der Waals surface area contributed by atoms with Gasteiger partial charge in [-0.1, -0.05) is 36.4 Å². The first kappa shape index (κ1) is 22.0. The molecule has 0 radical (unpaired) electrons. The molecule has 6 nitrogen and oxygen atoms in total. The van der Waals surface area contributed by atoms with Gasteiger partial charge in [0.2, 0.25) is 5.91 Å². The molecule has 1 atom stereocenters. The smallest absolute Gasteiger partial charge is 0.225 e. The molecule has 4 rings (SSSR count). The Labute approximate surface area is 189 Å². The maximum atomic E-state index is 12.8. The number of nitrogens with zero attached hydrogens (tertiary/aromatic N) is 3. The minimum Gasteiger partial charge on any atom is -0.494 e. The predicted molar refractivity (Wildman–Crippen MR) is 125 cm³/mol. The van der Waals surface area contributed by atoms with Crippen LogP contribution in [0.5, 0.6) is 5.75 Å². The van der Waals surface area contributed by atoms with Crippen molar-refractivity contribution in [2.75, 3.05) is 19.7 Å². The summed E-state index contributed by atoms with van der Waals surface area (Å²) < 4.78 is 5.55. The summed E-state index contributed by atoms with van der Waals surface area (Å²) in [6.45, 7) is 5.03. The fourth-order valence-electron chi connectivity index (χ4n) is 4.67. The number of amides is 1. The van der Waals surface area contributed by atoms with E-state index >= 15 is 0 Å². The fraction of sp³-hybridized carbons (Fsp3) is 0.346. The minimum absolute atomic E-state index is 0.229. The second-order valence-corrected chi connectivity index (χ2v) is 8.50. The van der Waals surface area contributed by atoms with Gasteiger partial charge < -0.3 is 10.5 Å². The van der Waals surface area contributed by atoms with E-state index in [4.69, 9.17) is 10.5 Å². The molecule has 2 aromatic carbocycles. The number of benzene rings is 2.